The van der Waals surface area contributed by atoms with Gasteiger partial charge in [-0.3, -0.25) is 9.69 Å². The molecule has 0 spiro atoms. The Bertz CT molecular complexity index is 912. The summed E-state index contributed by atoms with van der Waals surface area (Å²) in [5.74, 6) is 0.342. The highest BCUT2D eigenvalue weighted by atomic mass is 32.2. The first kappa shape index (κ1) is 19.8. The Morgan fingerprint density at radius 2 is 2.00 bits per heavy atom. The number of amidine groups is 1. The monoisotopic (exact) mass is 397 g/mol. The summed E-state index contributed by atoms with van der Waals surface area (Å²) in [5, 5.41) is 8.57. The predicted molar refractivity (Wildman–Crippen MR) is 111 cm³/mol. The number of methoxy groups -OCH3 is 1. The van der Waals surface area contributed by atoms with Gasteiger partial charge in [0.2, 0.25) is 5.91 Å². The number of hydrogen-bond acceptors (Lipinski definition) is 5. The molecule has 0 saturated carbocycles. The van der Waals surface area contributed by atoms with Gasteiger partial charge in [-0.2, -0.15) is 5.10 Å². The average molecular weight is 397 g/mol. The van der Waals surface area contributed by atoms with E-state index in [1.54, 1.807) is 36.4 Å². The molecule has 1 aliphatic heterocycles. The van der Waals surface area contributed by atoms with Crippen LogP contribution in [0.4, 0.5) is 4.39 Å². The Morgan fingerprint density at radius 1 is 1.25 bits per heavy atom. The highest BCUT2D eigenvalue weighted by molar-refractivity contribution is 8.15. The Balaban J connectivity index is 1.77. The summed E-state index contributed by atoms with van der Waals surface area (Å²) < 4.78 is 18.4. The third-order valence-corrected chi connectivity index (χ3v) is 5.31. The van der Waals surface area contributed by atoms with Gasteiger partial charge in [0.25, 0.3) is 0 Å². The summed E-state index contributed by atoms with van der Waals surface area (Å²) in [4.78, 5) is 14.3. The summed E-state index contributed by atoms with van der Waals surface area (Å²) in [6.07, 6.45) is 3.74. The molecule has 2 aromatic carbocycles. The number of hydrogen-bond donors (Lipinski definition) is 0. The average Bonchev–Trinajstić information content (AvgIpc) is 2.99. The van der Waals surface area contributed by atoms with Gasteiger partial charge in [0.05, 0.1) is 18.6 Å². The molecule has 0 N–H and O–H groups in total. The molecule has 1 aliphatic rings. The van der Waals surface area contributed by atoms with Crippen LogP contribution >= 0.6 is 11.8 Å². The van der Waals surface area contributed by atoms with E-state index in [4.69, 9.17) is 4.74 Å². The second kappa shape index (κ2) is 9.32. The number of carbonyl (C=O) groups excluding carboxylic acids is 1. The zero-order chi connectivity index (χ0) is 19.9. The number of carbonyl (C=O) groups is 1. The van der Waals surface area contributed by atoms with Crippen LogP contribution in [0.25, 0.3) is 0 Å². The number of thioether (sulfide) groups is 1. The maximum Gasteiger partial charge on any atom is 0.242 e. The molecule has 28 heavy (non-hydrogen) atoms. The number of nitrogens with zero attached hydrogens (tertiary/aromatic N) is 3. The van der Waals surface area contributed by atoms with Gasteiger partial charge in [-0.15, -0.1) is 11.7 Å². The molecule has 0 radical (unpaired) electrons. The largest absolute Gasteiger partial charge is 0.496 e. The maximum absolute atomic E-state index is 13.1. The lowest BCUT2D eigenvalue weighted by atomic mass is 10.1. The highest BCUT2D eigenvalue weighted by Gasteiger charge is 2.37. The molecular formula is C21H20FN3O2S. The Hall–Kier alpha value is -2.93. The van der Waals surface area contributed by atoms with Crippen molar-refractivity contribution in [3.05, 3.63) is 78.1 Å². The SMILES string of the molecule is C=CCN1C(=O)[C@H](Cc2ccc(F)cc2)S/C1=N/N=C/c1ccccc1OC. The fraction of sp³-hybridized carbons (Fsp3) is 0.190. The van der Waals surface area contributed by atoms with Crippen LogP contribution in [0.5, 0.6) is 5.75 Å². The van der Waals surface area contributed by atoms with Crippen molar-refractivity contribution < 1.29 is 13.9 Å². The van der Waals surface area contributed by atoms with E-state index < -0.39 is 0 Å². The van der Waals surface area contributed by atoms with E-state index >= 15 is 0 Å². The molecule has 5 nitrogen and oxygen atoms in total. The summed E-state index contributed by atoms with van der Waals surface area (Å²) in [6.45, 7) is 4.06. The predicted octanol–water partition coefficient (Wildman–Crippen LogP) is 3.90. The number of ether oxygens (including phenoxy) is 1. The van der Waals surface area contributed by atoms with Crippen molar-refractivity contribution in [2.24, 2.45) is 10.2 Å². The Morgan fingerprint density at radius 3 is 2.71 bits per heavy atom. The van der Waals surface area contributed by atoms with Crippen molar-refractivity contribution in [3.63, 3.8) is 0 Å². The van der Waals surface area contributed by atoms with E-state index in [0.717, 1.165) is 11.1 Å². The fourth-order valence-electron chi connectivity index (χ4n) is 2.76. The molecule has 7 heteroatoms. The van der Waals surface area contributed by atoms with Gasteiger partial charge in [-0.05, 0) is 36.2 Å². The Kier molecular flexibility index (Phi) is 6.60. The van der Waals surface area contributed by atoms with Crippen LogP contribution in [0.3, 0.4) is 0 Å². The van der Waals surface area contributed by atoms with Crippen LogP contribution < -0.4 is 4.74 Å². The lowest BCUT2D eigenvalue weighted by Crippen LogP contribution is -2.32. The molecule has 1 heterocycles. The lowest BCUT2D eigenvalue weighted by molar-refractivity contribution is -0.125. The van der Waals surface area contributed by atoms with Crippen molar-refractivity contribution in [1.29, 1.82) is 0 Å². The van der Waals surface area contributed by atoms with E-state index in [9.17, 15) is 9.18 Å². The minimum absolute atomic E-state index is 0.0551. The number of amides is 1. The van der Waals surface area contributed by atoms with Gasteiger partial charge in [0, 0.05) is 12.1 Å². The molecule has 1 saturated heterocycles. The smallest absolute Gasteiger partial charge is 0.242 e. The summed E-state index contributed by atoms with van der Waals surface area (Å²) in [6, 6.07) is 13.6. The number of benzene rings is 2. The standard InChI is InChI=1S/C21H20FN3O2S/c1-3-12-25-20(26)19(13-15-8-10-17(22)11-9-15)28-21(25)24-23-14-16-6-4-5-7-18(16)27-2/h3-11,14,19H,1,12-13H2,2H3/b23-14+,24-21+/t19-/m0/s1. The molecule has 0 unspecified atom stereocenters. The lowest BCUT2D eigenvalue weighted by Gasteiger charge is -2.12. The zero-order valence-corrected chi connectivity index (χ0v) is 16.2. The van der Waals surface area contributed by atoms with Crippen molar-refractivity contribution in [2.75, 3.05) is 13.7 Å². The van der Waals surface area contributed by atoms with Gasteiger partial charge >= 0.3 is 0 Å². The molecule has 1 fully saturated rings. The Labute approximate surface area is 167 Å². The van der Waals surface area contributed by atoms with Crippen molar-refractivity contribution in [3.8, 4) is 5.75 Å². The quantitative estimate of drug-likeness (QED) is 0.405. The fourth-order valence-corrected chi connectivity index (χ4v) is 3.91. The summed E-state index contributed by atoms with van der Waals surface area (Å²) in [7, 11) is 1.59. The third kappa shape index (κ3) is 4.67. The van der Waals surface area contributed by atoms with Crippen LogP contribution in [-0.4, -0.2) is 41.1 Å². The van der Waals surface area contributed by atoms with Gasteiger partial charge in [-0.1, -0.05) is 42.1 Å². The molecule has 0 aromatic heterocycles. The van der Waals surface area contributed by atoms with E-state index in [1.165, 1.54) is 23.9 Å². The normalized spacial score (nSPS) is 18.2. The third-order valence-electron chi connectivity index (χ3n) is 4.15. The highest BCUT2D eigenvalue weighted by Crippen LogP contribution is 2.30. The van der Waals surface area contributed by atoms with Gasteiger partial charge in [0.15, 0.2) is 5.17 Å². The van der Waals surface area contributed by atoms with Gasteiger partial charge in [0.1, 0.15) is 11.6 Å². The zero-order valence-electron chi connectivity index (χ0n) is 15.4. The number of rotatable bonds is 7. The molecule has 0 bridgehead atoms. The van der Waals surface area contributed by atoms with Crippen LogP contribution in [0.1, 0.15) is 11.1 Å². The number of halogens is 1. The molecule has 2 aromatic rings. The van der Waals surface area contributed by atoms with E-state index in [1.807, 2.05) is 24.3 Å². The molecule has 0 aliphatic carbocycles. The van der Waals surface area contributed by atoms with Crippen LogP contribution in [0.15, 0.2) is 71.4 Å². The minimum atomic E-state index is -0.328. The minimum Gasteiger partial charge on any atom is -0.496 e. The topological polar surface area (TPSA) is 54.3 Å². The van der Waals surface area contributed by atoms with Gasteiger partial charge < -0.3 is 4.74 Å². The van der Waals surface area contributed by atoms with Gasteiger partial charge in [-0.25, -0.2) is 4.39 Å². The summed E-state index contributed by atoms with van der Waals surface area (Å²) in [5.41, 5.74) is 1.69. The van der Waals surface area contributed by atoms with Crippen molar-refractivity contribution in [1.82, 2.24) is 4.90 Å². The van der Waals surface area contributed by atoms with Crippen LogP contribution in [-0.2, 0) is 11.2 Å². The second-order valence-corrected chi connectivity index (χ2v) is 7.21. The first-order valence-corrected chi connectivity index (χ1v) is 9.57. The molecule has 3 rings (SSSR count). The first-order valence-electron chi connectivity index (χ1n) is 8.69. The molecular weight excluding hydrogens is 377 g/mol. The number of para-hydroxylation sites is 1. The van der Waals surface area contributed by atoms with Crippen LogP contribution in [0.2, 0.25) is 0 Å². The first-order chi connectivity index (χ1) is 13.6. The van der Waals surface area contributed by atoms with Crippen molar-refractivity contribution in [2.45, 2.75) is 11.7 Å². The maximum atomic E-state index is 13.1. The van der Waals surface area contributed by atoms with E-state index in [0.29, 0.717) is 23.9 Å². The molecule has 144 valence electrons. The summed E-state index contributed by atoms with van der Waals surface area (Å²) >= 11 is 1.35. The van der Waals surface area contributed by atoms with Crippen LogP contribution in [0, 0.1) is 5.82 Å². The van der Waals surface area contributed by atoms with E-state index in [2.05, 4.69) is 16.8 Å². The van der Waals surface area contributed by atoms with E-state index in [-0.39, 0.29) is 17.0 Å². The molecule has 1 atom stereocenters. The van der Waals surface area contributed by atoms with Crippen molar-refractivity contribution >= 4 is 29.1 Å². The second-order valence-electron chi connectivity index (χ2n) is 6.04. The molecule has 1 amide bonds.